The summed E-state index contributed by atoms with van der Waals surface area (Å²) in [6.07, 6.45) is 9.27. The van der Waals surface area contributed by atoms with Gasteiger partial charge in [0.15, 0.2) is 11.5 Å². The van der Waals surface area contributed by atoms with Gasteiger partial charge in [-0.15, -0.1) is 0 Å². The number of hydrogen-bond donors (Lipinski definition) is 1. The van der Waals surface area contributed by atoms with Crippen molar-refractivity contribution in [3.63, 3.8) is 0 Å². The van der Waals surface area contributed by atoms with Gasteiger partial charge in [-0.3, -0.25) is 9.48 Å². The van der Waals surface area contributed by atoms with Crippen LogP contribution in [0.15, 0.2) is 36.7 Å². The Bertz CT molecular complexity index is 767. The zero-order valence-corrected chi connectivity index (χ0v) is 15.1. The van der Waals surface area contributed by atoms with Crippen LogP contribution in [0.2, 0.25) is 0 Å². The van der Waals surface area contributed by atoms with Crippen molar-refractivity contribution in [3.05, 3.63) is 42.2 Å². The number of benzene rings is 1. The number of rotatable bonds is 5. The van der Waals surface area contributed by atoms with Crippen molar-refractivity contribution in [1.29, 1.82) is 0 Å². The molecular formula is C20H25N3O3. The quantitative estimate of drug-likeness (QED) is 0.894. The lowest BCUT2D eigenvalue weighted by molar-refractivity contribution is -0.124. The second kappa shape index (κ2) is 7.02. The largest absolute Gasteiger partial charge is 0.454 e. The van der Waals surface area contributed by atoms with E-state index in [2.05, 4.69) is 22.5 Å². The molecule has 1 aliphatic carbocycles. The molecule has 1 atom stereocenters. The maximum Gasteiger partial charge on any atom is 0.244 e. The lowest BCUT2D eigenvalue weighted by Crippen LogP contribution is -2.44. The first-order valence-electron chi connectivity index (χ1n) is 9.35. The summed E-state index contributed by atoms with van der Waals surface area (Å²) < 4.78 is 12.7. The number of carbonyl (C=O) groups excluding carboxylic acids is 1. The smallest absolute Gasteiger partial charge is 0.244 e. The van der Waals surface area contributed by atoms with E-state index in [0.29, 0.717) is 6.54 Å². The second-order valence-electron chi connectivity index (χ2n) is 7.29. The van der Waals surface area contributed by atoms with Crippen LogP contribution in [0.1, 0.15) is 50.6 Å². The summed E-state index contributed by atoms with van der Waals surface area (Å²) in [5.74, 6) is 1.61. The Morgan fingerprint density at radius 1 is 1.27 bits per heavy atom. The normalized spacial score (nSPS) is 19.1. The first-order valence-corrected chi connectivity index (χ1v) is 9.35. The van der Waals surface area contributed by atoms with E-state index in [1.54, 1.807) is 10.9 Å². The van der Waals surface area contributed by atoms with Crippen LogP contribution in [-0.4, -0.2) is 29.0 Å². The predicted molar refractivity (Wildman–Crippen MR) is 97.3 cm³/mol. The monoisotopic (exact) mass is 355 g/mol. The average Bonchev–Trinajstić information content (AvgIpc) is 3.37. The van der Waals surface area contributed by atoms with E-state index in [4.69, 9.17) is 9.47 Å². The molecule has 2 heterocycles. The van der Waals surface area contributed by atoms with Crippen molar-refractivity contribution in [2.24, 2.45) is 0 Å². The van der Waals surface area contributed by atoms with E-state index < -0.39 is 0 Å². The van der Waals surface area contributed by atoms with Gasteiger partial charge >= 0.3 is 0 Å². The highest BCUT2D eigenvalue weighted by atomic mass is 16.7. The van der Waals surface area contributed by atoms with Gasteiger partial charge in [0.25, 0.3) is 0 Å². The maximum absolute atomic E-state index is 12.6. The lowest BCUT2D eigenvalue weighted by atomic mass is 9.69. The molecule has 1 fully saturated rings. The molecule has 0 saturated heterocycles. The van der Waals surface area contributed by atoms with Crippen molar-refractivity contribution < 1.29 is 14.3 Å². The van der Waals surface area contributed by atoms with Crippen LogP contribution in [0.5, 0.6) is 11.5 Å². The highest BCUT2D eigenvalue weighted by Gasteiger charge is 2.36. The third-order valence-corrected chi connectivity index (χ3v) is 5.70. The number of aromatic nitrogens is 2. The van der Waals surface area contributed by atoms with Gasteiger partial charge in [-0.25, -0.2) is 0 Å². The number of carbonyl (C=O) groups is 1. The first-order chi connectivity index (χ1) is 12.7. The number of nitrogens with one attached hydrogen (secondary N) is 1. The Labute approximate surface area is 153 Å². The summed E-state index contributed by atoms with van der Waals surface area (Å²) >= 11 is 0. The third-order valence-electron chi connectivity index (χ3n) is 5.70. The standard InChI is InChI=1S/C20H25N3O3/c1-15(23-11-5-10-22-23)19(24)21-13-20(8-3-2-4-9-20)16-6-7-17-18(12-16)26-14-25-17/h5-7,10-12,15H,2-4,8-9,13-14H2,1H3,(H,21,24)/t15-/m0/s1. The molecule has 1 amide bonds. The molecule has 138 valence electrons. The minimum absolute atomic E-state index is 0.000563. The molecule has 2 aromatic rings. The van der Waals surface area contributed by atoms with Gasteiger partial charge in [0, 0.05) is 24.4 Å². The van der Waals surface area contributed by atoms with Gasteiger partial charge in [-0.05, 0) is 43.5 Å². The van der Waals surface area contributed by atoms with Gasteiger partial charge < -0.3 is 14.8 Å². The summed E-state index contributed by atoms with van der Waals surface area (Å²) in [7, 11) is 0. The molecule has 26 heavy (non-hydrogen) atoms. The topological polar surface area (TPSA) is 65.4 Å². The van der Waals surface area contributed by atoms with Crippen LogP contribution < -0.4 is 14.8 Å². The fraction of sp³-hybridized carbons (Fsp3) is 0.500. The van der Waals surface area contributed by atoms with E-state index >= 15 is 0 Å². The Kier molecular flexibility index (Phi) is 4.57. The van der Waals surface area contributed by atoms with Crippen molar-refractivity contribution in [1.82, 2.24) is 15.1 Å². The predicted octanol–water partition coefficient (Wildman–Crippen LogP) is 3.19. The number of ether oxygens (including phenoxy) is 2. The molecule has 0 radical (unpaired) electrons. The molecule has 1 aromatic carbocycles. The summed E-state index contributed by atoms with van der Waals surface area (Å²) in [6.45, 7) is 2.79. The van der Waals surface area contributed by atoms with Gasteiger partial charge in [0.05, 0.1) is 0 Å². The van der Waals surface area contributed by atoms with E-state index in [9.17, 15) is 4.79 Å². The van der Waals surface area contributed by atoms with Crippen LogP contribution in [0.3, 0.4) is 0 Å². The van der Waals surface area contributed by atoms with Crippen LogP contribution in [0, 0.1) is 0 Å². The Hall–Kier alpha value is -2.50. The van der Waals surface area contributed by atoms with Gasteiger partial charge in [0.2, 0.25) is 12.7 Å². The first kappa shape index (κ1) is 16.9. The molecule has 6 heteroatoms. The SMILES string of the molecule is C[C@@H](C(=O)NCC1(c2ccc3c(c2)OCO3)CCCCC1)n1cccn1. The molecule has 0 bridgehead atoms. The molecule has 1 aliphatic heterocycles. The van der Waals surface area contributed by atoms with E-state index in [0.717, 1.165) is 24.3 Å². The minimum atomic E-state index is -0.317. The average molecular weight is 355 g/mol. The summed E-state index contributed by atoms with van der Waals surface area (Å²) in [6, 6.07) is 7.72. The van der Waals surface area contributed by atoms with Gasteiger partial charge in [-0.1, -0.05) is 25.3 Å². The minimum Gasteiger partial charge on any atom is -0.454 e. The van der Waals surface area contributed by atoms with E-state index in [1.165, 1.54) is 24.8 Å². The van der Waals surface area contributed by atoms with Crippen molar-refractivity contribution in [2.75, 3.05) is 13.3 Å². The van der Waals surface area contributed by atoms with Crippen LogP contribution >= 0.6 is 0 Å². The second-order valence-corrected chi connectivity index (χ2v) is 7.29. The molecule has 0 spiro atoms. The van der Waals surface area contributed by atoms with Crippen LogP contribution in [0.4, 0.5) is 0 Å². The third kappa shape index (κ3) is 3.16. The van der Waals surface area contributed by atoms with Gasteiger partial charge in [-0.2, -0.15) is 5.10 Å². The van der Waals surface area contributed by atoms with Crippen LogP contribution in [0.25, 0.3) is 0 Å². The molecule has 1 saturated carbocycles. The highest BCUT2D eigenvalue weighted by Crippen LogP contribution is 2.43. The molecular weight excluding hydrogens is 330 g/mol. The Morgan fingerprint density at radius 2 is 2.08 bits per heavy atom. The van der Waals surface area contributed by atoms with Gasteiger partial charge in [0.1, 0.15) is 6.04 Å². The fourth-order valence-corrected chi connectivity index (χ4v) is 4.06. The van der Waals surface area contributed by atoms with E-state index in [-0.39, 0.29) is 24.2 Å². The Morgan fingerprint density at radius 3 is 2.85 bits per heavy atom. The maximum atomic E-state index is 12.6. The molecule has 0 unspecified atom stereocenters. The summed E-state index contributed by atoms with van der Waals surface area (Å²) in [5, 5.41) is 7.35. The number of amides is 1. The zero-order chi connectivity index (χ0) is 18.0. The number of nitrogens with zero attached hydrogens (tertiary/aromatic N) is 2. The summed E-state index contributed by atoms with van der Waals surface area (Å²) in [4.78, 5) is 12.6. The Balaban J connectivity index is 1.52. The molecule has 1 N–H and O–H groups in total. The number of hydrogen-bond acceptors (Lipinski definition) is 4. The molecule has 2 aliphatic rings. The zero-order valence-electron chi connectivity index (χ0n) is 15.1. The summed E-state index contributed by atoms with van der Waals surface area (Å²) in [5.41, 5.74) is 1.19. The van der Waals surface area contributed by atoms with E-state index in [1.807, 2.05) is 25.3 Å². The van der Waals surface area contributed by atoms with Crippen molar-refractivity contribution in [2.45, 2.75) is 50.5 Å². The fourth-order valence-electron chi connectivity index (χ4n) is 4.06. The van der Waals surface area contributed by atoms with Crippen LogP contribution in [-0.2, 0) is 10.2 Å². The van der Waals surface area contributed by atoms with Crippen molar-refractivity contribution >= 4 is 5.91 Å². The molecule has 4 rings (SSSR count). The highest BCUT2D eigenvalue weighted by molar-refractivity contribution is 5.79. The lowest BCUT2D eigenvalue weighted by Gasteiger charge is -2.38. The molecule has 1 aromatic heterocycles. The van der Waals surface area contributed by atoms with Crippen molar-refractivity contribution in [3.8, 4) is 11.5 Å². The number of fused-ring (bicyclic) bond motifs is 1. The molecule has 6 nitrogen and oxygen atoms in total.